The number of hydrogen-bond acceptors (Lipinski definition) is 3. The van der Waals surface area contributed by atoms with Gasteiger partial charge in [-0.05, 0) is 24.6 Å². The third kappa shape index (κ3) is 3.65. The highest BCUT2D eigenvalue weighted by atomic mass is 79.9. The molecule has 0 spiro atoms. The van der Waals surface area contributed by atoms with Crippen LogP contribution in [0.15, 0.2) is 40.0 Å². The van der Waals surface area contributed by atoms with E-state index in [2.05, 4.69) is 42.5 Å². The predicted octanol–water partition coefficient (Wildman–Crippen LogP) is 3.02. The monoisotopic (exact) mass is 416 g/mol. The van der Waals surface area contributed by atoms with Crippen molar-refractivity contribution < 1.29 is 14.3 Å². The maximum absolute atomic E-state index is 12.2. The Bertz CT molecular complexity index is 602. The van der Waals surface area contributed by atoms with Crippen molar-refractivity contribution in [3.63, 3.8) is 0 Å². The van der Waals surface area contributed by atoms with Gasteiger partial charge in [-0.15, -0.1) is 0 Å². The summed E-state index contributed by atoms with van der Waals surface area (Å²) in [5.41, 5.74) is 1.73. The lowest BCUT2D eigenvalue weighted by molar-refractivity contribution is -0.139. The van der Waals surface area contributed by atoms with Crippen LogP contribution in [0.2, 0.25) is 0 Å². The predicted molar refractivity (Wildman–Crippen MR) is 86.0 cm³/mol. The number of carbonyl (C=O) groups excluding carboxylic acids is 2. The van der Waals surface area contributed by atoms with Crippen molar-refractivity contribution in [2.24, 2.45) is 0 Å². The Morgan fingerprint density at radius 3 is 2.81 bits per heavy atom. The second kappa shape index (κ2) is 7.09. The van der Waals surface area contributed by atoms with Gasteiger partial charge in [-0.25, -0.2) is 9.59 Å². The average molecular weight is 418 g/mol. The smallest absolute Gasteiger partial charge is 0.338 e. The zero-order chi connectivity index (χ0) is 15.4. The summed E-state index contributed by atoms with van der Waals surface area (Å²) in [5.74, 6) is -0.440. The molecule has 0 saturated carbocycles. The summed E-state index contributed by atoms with van der Waals surface area (Å²) in [5, 5.41) is 5.76. The Kier molecular flexibility index (Phi) is 5.41. The van der Waals surface area contributed by atoms with Crippen LogP contribution in [0.4, 0.5) is 4.79 Å². The topological polar surface area (TPSA) is 67.4 Å². The fourth-order valence-electron chi connectivity index (χ4n) is 2.11. The summed E-state index contributed by atoms with van der Waals surface area (Å²) in [6.07, 6.45) is 0. The van der Waals surface area contributed by atoms with Crippen molar-refractivity contribution >= 4 is 43.9 Å². The molecular weight excluding hydrogens is 404 g/mol. The summed E-state index contributed by atoms with van der Waals surface area (Å²) >= 11 is 6.69. The molecule has 1 aromatic carbocycles. The van der Waals surface area contributed by atoms with Crippen LogP contribution in [0.3, 0.4) is 0 Å². The highest BCUT2D eigenvalue weighted by Crippen LogP contribution is 2.29. The van der Waals surface area contributed by atoms with E-state index in [1.807, 2.05) is 24.3 Å². The molecule has 2 amide bonds. The molecule has 5 nitrogen and oxygen atoms in total. The maximum atomic E-state index is 12.2. The summed E-state index contributed by atoms with van der Waals surface area (Å²) < 4.78 is 5.98. The summed E-state index contributed by atoms with van der Waals surface area (Å²) in [6, 6.07) is 6.56. The van der Waals surface area contributed by atoms with Crippen molar-refractivity contribution in [2.45, 2.75) is 13.0 Å². The quantitative estimate of drug-likeness (QED) is 0.584. The highest BCUT2D eigenvalue weighted by molar-refractivity contribution is 9.10. The van der Waals surface area contributed by atoms with Gasteiger partial charge in [0.1, 0.15) is 0 Å². The molecule has 1 aliphatic rings. The number of alkyl halides is 1. The Morgan fingerprint density at radius 2 is 2.19 bits per heavy atom. The molecule has 112 valence electrons. The van der Waals surface area contributed by atoms with Gasteiger partial charge in [0, 0.05) is 15.5 Å². The number of esters is 1. The van der Waals surface area contributed by atoms with Gasteiger partial charge in [-0.2, -0.15) is 0 Å². The van der Waals surface area contributed by atoms with Gasteiger partial charge in [0.05, 0.1) is 18.2 Å². The second-order valence-electron chi connectivity index (χ2n) is 4.33. The molecule has 1 aliphatic heterocycles. The molecule has 21 heavy (non-hydrogen) atoms. The van der Waals surface area contributed by atoms with Crippen LogP contribution in [0.5, 0.6) is 0 Å². The van der Waals surface area contributed by atoms with E-state index < -0.39 is 12.0 Å². The van der Waals surface area contributed by atoms with Gasteiger partial charge in [-0.1, -0.05) is 44.0 Å². The number of halogens is 2. The number of urea groups is 1. The van der Waals surface area contributed by atoms with Gasteiger partial charge in [0.25, 0.3) is 0 Å². The van der Waals surface area contributed by atoms with E-state index in [0.29, 0.717) is 16.6 Å². The van der Waals surface area contributed by atoms with Crippen LogP contribution in [0.1, 0.15) is 18.5 Å². The number of allylic oxidation sites excluding steroid dienone is 1. The molecular formula is C14H14Br2N2O3. The Hall–Kier alpha value is -1.34. The first-order chi connectivity index (χ1) is 10.1. The van der Waals surface area contributed by atoms with Crippen molar-refractivity contribution in [1.29, 1.82) is 0 Å². The molecule has 0 fully saturated rings. The fourth-order valence-corrected chi connectivity index (χ4v) is 2.97. The minimum Gasteiger partial charge on any atom is -0.463 e. The number of hydrogen-bond donors (Lipinski definition) is 2. The van der Waals surface area contributed by atoms with Crippen molar-refractivity contribution in [3.8, 4) is 0 Å². The number of amides is 2. The molecule has 7 heteroatoms. The highest BCUT2D eigenvalue weighted by Gasteiger charge is 2.33. The van der Waals surface area contributed by atoms with Crippen molar-refractivity contribution in [3.05, 3.63) is 45.6 Å². The van der Waals surface area contributed by atoms with Crippen molar-refractivity contribution in [1.82, 2.24) is 10.6 Å². The number of benzene rings is 1. The maximum Gasteiger partial charge on any atom is 0.338 e. The van der Waals surface area contributed by atoms with E-state index in [1.54, 1.807) is 6.92 Å². The first kappa shape index (κ1) is 16.0. The molecule has 2 N–H and O–H groups in total. The Balaban J connectivity index is 2.49. The van der Waals surface area contributed by atoms with Crippen LogP contribution in [0, 0.1) is 0 Å². The molecule has 0 radical (unpaired) electrons. The average Bonchev–Trinajstić information content (AvgIpc) is 2.46. The zero-order valence-corrected chi connectivity index (χ0v) is 14.5. The van der Waals surface area contributed by atoms with E-state index in [9.17, 15) is 9.59 Å². The van der Waals surface area contributed by atoms with E-state index in [4.69, 9.17) is 4.74 Å². The van der Waals surface area contributed by atoms with Gasteiger partial charge >= 0.3 is 12.0 Å². The minimum absolute atomic E-state index is 0.275. The minimum atomic E-state index is -0.539. The summed E-state index contributed by atoms with van der Waals surface area (Å²) in [6.45, 7) is 2.02. The van der Waals surface area contributed by atoms with Crippen LogP contribution in [0.25, 0.3) is 0 Å². The summed E-state index contributed by atoms with van der Waals surface area (Å²) in [7, 11) is 0. The molecule has 0 saturated heterocycles. The molecule has 0 aliphatic carbocycles. The van der Waals surface area contributed by atoms with Gasteiger partial charge < -0.3 is 15.4 Å². The van der Waals surface area contributed by atoms with Gasteiger partial charge in [-0.3, -0.25) is 0 Å². The molecule has 0 bridgehead atoms. The molecule has 2 rings (SSSR count). The van der Waals surface area contributed by atoms with Crippen LogP contribution in [-0.4, -0.2) is 23.9 Å². The normalized spacial score (nSPS) is 18.0. The largest absolute Gasteiger partial charge is 0.463 e. The van der Waals surface area contributed by atoms with Crippen LogP contribution < -0.4 is 10.6 Å². The van der Waals surface area contributed by atoms with Crippen LogP contribution in [-0.2, 0) is 9.53 Å². The van der Waals surface area contributed by atoms with Gasteiger partial charge in [0.2, 0.25) is 0 Å². The van der Waals surface area contributed by atoms with E-state index in [0.717, 1.165) is 10.0 Å². The Labute approximate surface area is 139 Å². The molecule has 1 unspecified atom stereocenters. The van der Waals surface area contributed by atoms with E-state index in [-0.39, 0.29) is 12.6 Å². The first-order valence-electron chi connectivity index (χ1n) is 6.36. The lowest BCUT2D eigenvalue weighted by Gasteiger charge is -2.28. The number of carbonyl (C=O) groups is 2. The molecule has 1 aromatic rings. The number of nitrogens with one attached hydrogen (secondary N) is 2. The first-order valence-corrected chi connectivity index (χ1v) is 8.27. The molecule has 1 atom stereocenters. The SMILES string of the molecule is CCOC(=O)C1=C(CBr)NC(=O)NC1c1cccc(Br)c1. The number of ether oxygens (including phenoxy) is 1. The van der Waals surface area contributed by atoms with Gasteiger partial charge in [0.15, 0.2) is 0 Å². The van der Waals surface area contributed by atoms with Crippen LogP contribution >= 0.6 is 31.9 Å². The lowest BCUT2D eigenvalue weighted by atomic mass is 9.96. The van der Waals surface area contributed by atoms with E-state index in [1.165, 1.54) is 0 Å². The molecule has 1 heterocycles. The van der Waals surface area contributed by atoms with E-state index >= 15 is 0 Å². The lowest BCUT2D eigenvalue weighted by Crippen LogP contribution is -2.46. The molecule has 0 aromatic heterocycles. The zero-order valence-electron chi connectivity index (χ0n) is 11.3. The van der Waals surface area contributed by atoms with Crippen molar-refractivity contribution in [2.75, 3.05) is 11.9 Å². The number of rotatable bonds is 4. The Morgan fingerprint density at radius 1 is 1.43 bits per heavy atom. The third-order valence-corrected chi connectivity index (χ3v) is 4.02. The fraction of sp³-hybridized carbons (Fsp3) is 0.286. The standard InChI is InChI=1S/C14H14Br2N2O3/c1-2-21-13(19)11-10(7-15)17-14(20)18-12(11)8-4-3-5-9(16)6-8/h3-6,12H,2,7H2,1H3,(H2,17,18,20). The second-order valence-corrected chi connectivity index (χ2v) is 5.81. The third-order valence-electron chi connectivity index (χ3n) is 2.96. The summed E-state index contributed by atoms with van der Waals surface area (Å²) in [4.78, 5) is 24.0.